The molecule has 1 aromatic carbocycles. The molecular formula is C25H27N3O3. The zero-order valence-corrected chi connectivity index (χ0v) is 17.9. The zero-order valence-electron chi connectivity index (χ0n) is 17.9. The molecule has 2 fully saturated rings. The minimum absolute atomic E-state index is 0.0311. The molecule has 1 aromatic heterocycles. The van der Waals surface area contributed by atoms with Crippen molar-refractivity contribution in [3.63, 3.8) is 0 Å². The van der Waals surface area contributed by atoms with Gasteiger partial charge < -0.3 is 14.5 Å². The van der Waals surface area contributed by atoms with E-state index in [2.05, 4.69) is 36.2 Å². The minimum atomic E-state index is -0.665. The van der Waals surface area contributed by atoms with Crippen molar-refractivity contribution in [1.29, 1.82) is 0 Å². The fraction of sp³-hybridized carbons (Fsp3) is 0.400. The summed E-state index contributed by atoms with van der Waals surface area (Å²) in [5.41, 5.74) is 2.59. The molecule has 0 aliphatic carbocycles. The van der Waals surface area contributed by atoms with Crippen LogP contribution in [-0.4, -0.2) is 58.4 Å². The summed E-state index contributed by atoms with van der Waals surface area (Å²) in [4.78, 5) is 34.6. The quantitative estimate of drug-likeness (QED) is 0.677. The van der Waals surface area contributed by atoms with E-state index in [4.69, 9.17) is 4.74 Å². The Kier molecular flexibility index (Phi) is 4.89. The number of amides is 2. The Hall–Kier alpha value is -2.99. The number of hydrogen-bond acceptors (Lipinski definition) is 4. The normalized spacial score (nSPS) is 28.3. The molecule has 2 aromatic rings. The van der Waals surface area contributed by atoms with E-state index >= 15 is 0 Å². The van der Waals surface area contributed by atoms with Crippen molar-refractivity contribution in [2.24, 2.45) is 11.8 Å². The molecule has 5 rings (SSSR count). The van der Waals surface area contributed by atoms with Crippen molar-refractivity contribution in [2.45, 2.75) is 31.6 Å². The molecule has 6 nitrogen and oxygen atoms in total. The average Bonchev–Trinajstić information content (AvgIpc) is 3.41. The van der Waals surface area contributed by atoms with Gasteiger partial charge in [0.15, 0.2) is 0 Å². The van der Waals surface area contributed by atoms with Gasteiger partial charge in [0.25, 0.3) is 0 Å². The van der Waals surface area contributed by atoms with Crippen LogP contribution >= 0.6 is 0 Å². The van der Waals surface area contributed by atoms with Crippen LogP contribution in [0.2, 0.25) is 0 Å². The van der Waals surface area contributed by atoms with Crippen LogP contribution in [0.3, 0.4) is 0 Å². The third-order valence-electron chi connectivity index (χ3n) is 6.76. The summed E-state index contributed by atoms with van der Waals surface area (Å²) in [6, 6.07) is 14.1. The van der Waals surface area contributed by atoms with E-state index in [1.54, 1.807) is 18.1 Å². The van der Waals surface area contributed by atoms with Gasteiger partial charge in [-0.2, -0.15) is 0 Å². The van der Waals surface area contributed by atoms with Crippen LogP contribution in [0.4, 0.5) is 0 Å². The van der Waals surface area contributed by atoms with Gasteiger partial charge in [0.2, 0.25) is 11.8 Å². The summed E-state index contributed by atoms with van der Waals surface area (Å²) in [5.74, 6) is -0.945. The van der Waals surface area contributed by atoms with Crippen LogP contribution in [-0.2, 0) is 27.3 Å². The maximum absolute atomic E-state index is 13.4. The van der Waals surface area contributed by atoms with E-state index in [0.717, 1.165) is 12.1 Å². The van der Waals surface area contributed by atoms with Crippen molar-refractivity contribution in [2.75, 3.05) is 20.1 Å². The third-order valence-corrected chi connectivity index (χ3v) is 6.76. The van der Waals surface area contributed by atoms with E-state index in [1.165, 1.54) is 11.1 Å². The first-order valence-electron chi connectivity index (χ1n) is 10.8. The summed E-state index contributed by atoms with van der Waals surface area (Å²) < 4.78 is 6.25. The van der Waals surface area contributed by atoms with E-state index < -0.39 is 17.4 Å². The number of carbonyl (C=O) groups excluding carboxylic acids is 2. The molecule has 2 bridgehead atoms. The van der Waals surface area contributed by atoms with Gasteiger partial charge in [-0.05, 0) is 31.0 Å². The molecule has 4 atom stereocenters. The maximum Gasteiger partial charge on any atom is 0.230 e. The predicted molar refractivity (Wildman–Crippen MR) is 116 cm³/mol. The molecule has 2 amide bonds. The lowest BCUT2D eigenvalue weighted by Gasteiger charge is -2.27. The van der Waals surface area contributed by atoms with Gasteiger partial charge in [-0.25, -0.2) is 0 Å². The van der Waals surface area contributed by atoms with E-state index in [0.29, 0.717) is 19.6 Å². The molecular weight excluding hydrogens is 390 g/mol. The molecule has 31 heavy (non-hydrogen) atoms. The first-order chi connectivity index (χ1) is 15.0. The second kappa shape index (κ2) is 7.61. The molecule has 160 valence electrons. The number of nitrogens with zero attached hydrogens (tertiary/aromatic N) is 3. The van der Waals surface area contributed by atoms with Gasteiger partial charge >= 0.3 is 0 Å². The van der Waals surface area contributed by atoms with Crippen molar-refractivity contribution >= 4 is 11.8 Å². The second-order valence-corrected chi connectivity index (χ2v) is 8.91. The Morgan fingerprint density at radius 3 is 2.81 bits per heavy atom. The summed E-state index contributed by atoms with van der Waals surface area (Å²) in [6.07, 6.45) is 6.16. The number of likely N-dealkylation sites (tertiary alicyclic amines) is 1. The average molecular weight is 418 g/mol. The fourth-order valence-corrected chi connectivity index (χ4v) is 5.14. The Bertz CT molecular complexity index is 1020. The predicted octanol–water partition coefficient (Wildman–Crippen LogP) is 2.37. The van der Waals surface area contributed by atoms with Crippen LogP contribution in [0.1, 0.15) is 16.8 Å². The van der Waals surface area contributed by atoms with E-state index in [1.807, 2.05) is 35.3 Å². The minimum Gasteiger partial charge on any atom is -0.360 e. The van der Waals surface area contributed by atoms with Gasteiger partial charge in [-0.15, -0.1) is 0 Å². The molecule has 3 aliphatic rings. The maximum atomic E-state index is 13.4. The molecule has 1 spiro atoms. The highest BCUT2D eigenvalue weighted by atomic mass is 16.5. The van der Waals surface area contributed by atoms with Crippen LogP contribution in [0.15, 0.2) is 60.8 Å². The lowest BCUT2D eigenvalue weighted by atomic mass is 9.76. The molecule has 2 saturated heterocycles. The Morgan fingerprint density at radius 2 is 2.06 bits per heavy atom. The van der Waals surface area contributed by atoms with Crippen molar-refractivity contribution in [3.05, 3.63) is 77.6 Å². The molecule has 0 saturated carbocycles. The number of aromatic nitrogens is 1. The van der Waals surface area contributed by atoms with Gasteiger partial charge in [-0.3, -0.25) is 14.6 Å². The third kappa shape index (κ3) is 3.45. The topological polar surface area (TPSA) is 62.7 Å². The highest BCUT2D eigenvalue weighted by Gasteiger charge is 2.66. The zero-order chi connectivity index (χ0) is 21.6. The van der Waals surface area contributed by atoms with Gasteiger partial charge in [0, 0.05) is 19.8 Å². The standard InChI is InChI=1S/C25H27N3O3/c1-17-6-8-18(9-7-17)11-14-28-16-25-12-10-20(31-25)21(22(25)24(28)30)23(29)27(2)15-19-5-3-4-13-26-19/h3-10,12-13,20-22H,11,14-16H2,1-2H3/t20-,21+,22+,25-/m0/s1. The van der Waals surface area contributed by atoms with E-state index in [9.17, 15) is 9.59 Å². The highest BCUT2D eigenvalue weighted by molar-refractivity contribution is 5.93. The molecule has 3 aliphatic heterocycles. The Morgan fingerprint density at radius 1 is 1.26 bits per heavy atom. The van der Waals surface area contributed by atoms with Crippen LogP contribution in [0, 0.1) is 18.8 Å². The summed E-state index contributed by atoms with van der Waals surface area (Å²) in [5, 5.41) is 0. The number of benzene rings is 1. The monoisotopic (exact) mass is 417 g/mol. The molecule has 0 N–H and O–H groups in total. The number of aryl methyl sites for hydroxylation is 1. The number of hydrogen-bond donors (Lipinski definition) is 0. The highest BCUT2D eigenvalue weighted by Crippen LogP contribution is 2.52. The number of rotatable bonds is 6. The molecule has 0 radical (unpaired) electrons. The molecule has 0 unspecified atom stereocenters. The number of carbonyl (C=O) groups is 2. The Labute approximate surface area is 182 Å². The van der Waals surface area contributed by atoms with Gasteiger partial charge in [-0.1, -0.05) is 48.0 Å². The lowest BCUT2D eigenvalue weighted by Crippen LogP contribution is -2.44. The van der Waals surface area contributed by atoms with Crippen molar-refractivity contribution in [1.82, 2.24) is 14.8 Å². The second-order valence-electron chi connectivity index (χ2n) is 8.91. The number of pyridine rings is 1. The summed E-state index contributed by atoms with van der Waals surface area (Å²) in [7, 11) is 1.77. The lowest BCUT2D eigenvalue weighted by molar-refractivity contribution is -0.142. The van der Waals surface area contributed by atoms with Crippen molar-refractivity contribution in [3.8, 4) is 0 Å². The van der Waals surface area contributed by atoms with Crippen LogP contribution < -0.4 is 0 Å². The fourth-order valence-electron chi connectivity index (χ4n) is 5.14. The largest absolute Gasteiger partial charge is 0.360 e. The van der Waals surface area contributed by atoms with E-state index in [-0.39, 0.29) is 17.9 Å². The molecule has 4 heterocycles. The number of ether oxygens (including phenoxy) is 1. The van der Waals surface area contributed by atoms with Gasteiger partial charge in [0.05, 0.1) is 36.7 Å². The van der Waals surface area contributed by atoms with Crippen LogP contribution in [0.25, 0.3) is 0 Å². The number of fused-ring (bicyclic) bond motifs is 1. The SMILES string of the molecule is Cc1ccc(CCN2C[C@]34C=C[C@H](O3)[C@@H](C(=O)N(C)Cc3ccccn3)[C@@H]4C2=O)cc1. The van der Waals surface area contributed by atoms with Crippen molar-refractivity contribution < 1.29 is 14.3 Å². The molecule has 6 heteroatoms. The smallest absolute Gasteiger partial charge is 0.230 e. The first-order valence-corrected chi connectivity index (χ1v) is 10.8. The summed E-state index contributed by atoms with van der Waals surface area (Å²) >= 11 is 0. The summed E-state index contributed by atoms with van der Waals surface area (Å²) in [6.45, 7) is 3.63. The Balaban J connectivity index is 1.30. The first kappa shape index (κ1) is 19.9. The van der Waals surface area contributed by atoms with Gasteiger partial charge in [0.1, 0.15) is 5.60 Å². The van der Waals surface area contributed by atoms with Crippen LogP contribution in [0.5, 0.6) is 0 Å².